The number of nitrogens with zero attached hydrogens (tertiary/aromatic N) is 3. The Kier molecular flexibility index (Phi) is 5.44. The van der Waals surface area contributed by atoms with Crippen molar-refractivity contribution in [3.63, 3.8) is 0 Å². The first-order valence-electron chi connectivity index (χ1n) is 7.25. The highest BCUT2D eigenvalue weighted by atomic mass is 16.6. The van der Waals surface area contributed by atoms with Crippen molar-refractivity contribution in [1.82, 2.24) is 4.90 Å². The smallest absolute Gasteiger partial charge is 0.271 e. The van der Waals surface area contributed by atoms with Gasteiger partial charge in [-0.05, 0) is 25.5 Å². The van der Waals surface area contributed by atoms with Crippen molar-refractivity contribution in [3.05, 3.63) is 34.4 Å². The van der Waals surface area contributed by atoms with E-state index in [9.17, 15) is 14.9 Å². The lowest BCUT2D eigenvalue weighted by Crippen LogP contribution is -2.41. The summed E-state index contributed by atoms with van der Waals surface area (Å²) in [5.74, 6) is -0.270. The Morgan fingerprint density at radius 1 is 1.55 bits per heavy atom. The number of hydrogen-bond donors (Lipinski definition) is 1. The molecule has 2 rings (SSSR count). The molecule has 0 spiro atoms. The van der Waals surface area contributed by atoms with Crippen molar-refractivity contribution in [1.29, 1.82) is 5.26 Å². The molecule has 1 unspecified atom stereocenters. The van der Waals surface area contributed by atoms with Crippen LogP contribution in [0.25, 0.3) is 0 Å². The first-order valence-corrected chi connectivity index (χ1v) is 7.25. The number of anilines is 1. The highest BCUT2D eigenvalue weighted by Crippen LogP contribution is 2.21. The van der Waals surface area contributed by atoms with E-state index in [0.717, 1.165) is 19.4 Å². The van der Waals surface area contributed by atoms with Crippen molar-refractivity contribution in [3.8, 4) is 6.07 Å². The van der Waals surface area contributed by atoms with E-state index in [1.54, 1.807) is 12.1 Å². The number of rotatable bonds is 5. The minimum Gasteiger partial charge on any atom is -0.326 e. The van der Waals surface area contributed by atoms with Crippen LogP contribution in [-0.2, 0) is 4.79 Å². The number of non-ortho nitro benzene ring substituents is 1. The molecule has 1 heterocycles. The summed E-state index contributed by atoms with van der Waals surface area (Å²) < 4.78 is 0. The topological polar surface area (TPSA) is 99.3 Å². The van der Waals surface area contributed by atoms with Crippen LogP contribution < -0.4 is 5.32 Å². The molecule has 1 aromatic carbocycles. The monoisotopic (exact) mass is 302 g/mol. The largest absolute Gasteiger partial charge is 0.326 e. The number of carbonyl (C=O) groups is 1. The van der Waals surface area contributed by atoms with Gasteiger partial charge in [0.15, 0.2) is 0 Å². The molecule has 1 aromatic rings. The average Bonchev–Trinajstić information content (AvgIpc) is 2.53. The minimum atomic E-state index is -0.486. The third kappa shape index (κ3) is 4.27. The van der Waals surface area contributed by atoms with Gasteiger partial charge in [-0.25, -0.2) is 0 Å². The molecule has 1 aliphatic rings. The highest BCUT2D eigenvalue weighted by Gasteiger charge is 2.25. The quantitative estimate of drug-likeness (QED) is 0.663. The third-order valence-electron chi connectivity index (χ3n) is 3.74. The summed E-state index contributed by atoms with van der Waals surface area (Å²) in [5, 5.41) is 22.1. The molecular formula is C15H18N4O3. The standard InChI is InChI=1S/C15H18N4O3/c16-7-3-9-18-8-2-4-12(11-18)15(20)17-13-5-1-6-14(10-13)19(21)22/h1,5-6,10,12H,2-4,8-9,11H2,(H,17,20). The molecule has 7 heteroatoms. The molecule has 1 saturated heterocycles. The van der Waals surface area contributed by atoms with Gasteiger partial charge in [0.1, 0.15) is 0 Å². The van der Waals surface area contributed by atoms with Crippen LogP contribution >= 0.6 is 0 Å². The predicted molar refractivity (Wildman–Crippen MR) is 81.1 cm³/mol. The van der Waals surface area contributed by atoms with Crippen molar-refractivity contribution < 1.29 is 9.72 Å². The maximum atomic E-state index is 12.3. The lowest BCUT2D eigenvalue weighted by Gasteiger charge is -2.31. The van der Waals surface area contributed by atoms with Gasteiger partial charge < -0.3 is 10.2 Å². The summed E-state index contributed by atoms with van der Waals surface area (Å²) in [5.41, 5.74) is 0.394. The number of piperidine rings is 1. The van der Waals surface area contributed by atoms with Gasteiger partial charge in [0, 0.05) is 37.3 Å². The molecule has 0 saturated carbocycles. The van der Waals surface area contributed by atoms with E-state index >= 15 is 0 Å². The molecule has 7 nitrogen and oxygen atoms in total. The fourth-order valence-corrected chi connectivity index (χ4v) is 2.62. The van der Waals surface area contributed by atoms with Crippen molar-refractivity contribution >= 4 is 17.3 Å². The Balaban J connectivity index is 1.95. The van der Waals surface area contributed by atoms with Gasteiger partial charge in [-0.15, -0.1) is 0 Å². The summed E-state index contributed by atoms with van der Waals surface area (Å²) in [4.78, 5) is 24.7. The Hall–Kier alpha value is -2.46. The Bertz CT molecular complexity index is 597. The molecule has 1 amide bonds. The van der Waals surface area contributed by atoms with Gasteiger partial charge in [0.05, 0.1) is 16.9 Å². The molecule has 1 atom stereocenters. The Labute approximate surface area is 128 Å². The zero-order valence-corrected chi connectivity index (χ0v) is 12.2. The first kappa shape index (κ1) is 15.9. The van der Waals surface area contributed by atoms with Crippen LogP contribution in [0.3, 0.4) is 0 Å². The molecule has 0 aromatic heterocycles. The van der Waals surface area contributed by atoms with Crippen LogP contribution in [0, 0.1) is 27.4 Å². The summed E-state index contributed by atoms with van der Waals surface area (Å²) in [6.45, 7) is 2.21. The SMILES string of the molecule is N#CCCN1CCCC(C(=O)Nc2cccc([N+](=O)[O-])c2)C1. The van der Waals surface area contributed by atoms with E-state index in [1.165, 1.54) is 12.1 Å². The maximum Gasteiger partial charge on any atom is 0.271 e. The number of nitro groups is 1. The number of benzene rings is 1. The number of nitriles is 1. The molecule has 0 bridgehead atoms. The van der Waals surface area contributed by atoms with Gasteiger partial charge in [0.25, 0.3) is 5.69 Å². The zero-order valence-electron chi connectivity index (χ0n) is 12.2. The minimum absolute atomic E-state index is 0.0444. The van der Waals surface area contributed by atoms with E-state index in [2.05, 4.69) is 16.3 Å². The van der Waals surface area contributed by atoms with Crippen LogP contribution in [-0.4, -0.2) is 35.4 Å². The number of amides is 1. The molecule has 116 valence electrons. The number of nitro benzene ring substituents is 1. The van der Waals surface area contributed by atoms with E-state index < -0.39 is 4.92 Å². The second-order valence-corrected chi connectivity index (χ2v) is 5.34. The molecule has 22 heavy (non-hydrogen) atoms. The second-order valence-electron chi connectivity index (χ2n) is 5.34. The van der Waals surface area contributed by atoms with Crippen LogP contribution in [0.5, 0.6) is 0 Å². The molecule has 0 radical (unpaired) electrons. The summed E-state index contributed by atoms with van der Waals surface area (Å²) >= 11 is 0. The van der Waals surface area contributed by atoms with Crippen LogP contribution in [0.15, 0.2) is 24.3 Å². The fourth-order valence-electron chi connectivity index (χ4n) is 2.62. The number of hydrogen-bond acceptors (Lipinski definition) is 5. The molecule has 1 fully saturated rings. The van der Waals surface area contributed by atoms with Crippen LogP contribution in [0.1, 0.15) is 19.3 Å². The lowest BCUT2D eigenvalue weighted by molar-refractivity contribution is -0.384. The van der Waals surface area contributed by atoms with E-state index in [4.69, 9.17) is 5.26 Å². The normalized spacial score (nSPS) is 18.4. The number of nitrogens with one attached hydrogen (secondary N) is 1. The van der Waals surface area contributed by atoms with Crippen molar-refractivity contribution in [2.24, 2.45) is 5.92 Å². The second kappa shape index (κ2) is 7.52. The lowest BCUT2D eigenvalue weighted by atomic mass is 9.97. The van der Waals surface area contributed by atoms with Gasteiger partial charge in [-0.3, -0.25) is 14.9 Å². The predicted octanol–water partition coefficient (Wildman–Crippen LogP) is 2.16. The molecule has 0 aliphatic carbocycles. The van der Waals surface area contributed by atoms with E-state index in [-0.39, 0.29) is 17.5 Å². The maximum absolute atomic E-state index is 12.3. The number of likely N-dealkylation sites (tertiary alicyclic amines) is 1. The van der Waals surface area contributed by atoms with Gasteiger partial charge in [-0.2, -0.15) is 5.26 Å². The fraction of sp³-hybridized carbons (Fsp3) is 0.467. The summed E-state index contributed by atoms with van der Waals surface area (Å²) in [6.07, 6.45) is 2.17. The Morgan fingerprint density at radius 3 is 3.09 bits per heavy atom. The molecule has 1 N–H and O–H groups in total. The molecular weight excluding hydrogens is 284 g/mol. The first-order chi connectivity index (χ1) is 10.6. The van der Waals surface area contributed by atoms with Crippen LogP contribution in [0.4, 0.5) is 11.4 Å². The highest BCUT2D eigenvalue weighted by molar-refractivity contribution is 5.93. The van der Waals surface area contributed by atoms with Gasteiger partial charge in [0.2, 0.25) is 5.91 Å². The molecule has 1 aliphatic heterocycles. The zero-order chi connectivity index (χ0) is 15.9. The third-order valence-corrected chi connectivity index (χ3v) is 3.74. The average molecular weight is 302 g/mol. The van der Waals surface area contributed by atoms with E-state index in [0.29, 0.717) is 25.2 Å². The Morgan fingerprint density at radius 2 is 2.36 bits per heavy atom. The summed E-state index contributed by atoms with van der Waals surface area (Å²) in [7, 11) is 0. The van der Waals surface area contributed by atoms with Gasteiger partial charge >= 0.3 is 0 Å². The number of carbonyl (C=O) groups excluding carboxylic acids is 1. The van der Waals surface area contributed by atoms with E-state index in [1.807, 2.05) is 0 Å². The summed E-state index contributed by atoms with van der Waals surface area (Å²) in [6, 6.07) is 8.04. The van der Waals surface area contributed by atoms with Crippen molar-refractivity contribution in [2.75, 3.05) is 25.0 Å². The van der Waals surface area contributed by atoms with Gasteiger partial charge in [-0.1, -0.05) is 6.07 Å². The van der Waals surface area contributed by atoms with Crippen molar-refractivity contribution in [2.45, 2.75) is 19.3 Å². The van der Waals surface area contributed by atoms with Crippen LogP contribution in [0.2, 0.25) is 0 Å².